The number of fused-ring (bicyclic) bond motifs is 1. The lowest BCUT2D eigenvalue weighted by Gasteiger charge is -2.24. The Morgan fingerprint density at radius 3 is 3.00 bits per heavy atom. The van der Waals surface area contributed by atoms with Crippen molar-refractivity contribution in [1.82, 2.24) is 10.2 Å². The highest BCUT2D eigenvalue weighted by Gasteiger charge is 2.30. The third-order valence-corrected chi connectivity index (χ3v) is 2.59. The van der Waals surface area contributed by atoms with Crippen LogP contribution in [-0.4, -0.2) is 55.6 Å². The molecule has 92 valence electrons. The molecule has 0 amide bonds. The second-order valence-corrected chi connectivity index (χ2v) is 4.23. The SMILES string of the molecule is CCCCN=C1N=C(N(C)C)NC2=NC=NC12. The van der Waals surface area contributed by atoms with E-state index in [1.54, 1.807) is 6.34 Å². The Morgan fingerprint density at radius 2 is 2.29 bits per heavy atom. The first kappa shape index (κ1) is 11.8. The van der Waals surface area contributed by atoms with Gasteiger partial charge in [0.15, 0.2) is 11.9 Å². The molecule has 0 fully saturated rings. The molecular formula is C11H18N6. The lowest BCUT2D eigenvalue weighted by Crippen LogP contribution is -2.50. The fraction of sp³-hybridized carbons (Fsp3) is 0.636. The zero-order valence-electron chi connectivity index (χ0n) is 10.5. The number of guanidine groups is 1. The number of rotatable bonds is 3. The van der Waals surface area contributed by atoms with Crippen molar-refractivity contribution in [3.63, 3.8) is 0 Å². The number of nitrogens with zero attached hydrogens (tertiary/aromatic N) is 5. The van der Waals surface area contributed by atoms with Crippen molar-refractivity contribution in [2.75, 3.05) is 20.6 Å². The zero-order chi connectivity index (χ0) is 12.3. The molecule has 1 N–H and O–H groups in total. The van der Waals surface area contributed by atoms with Gasteiger partial charge in [-0.15, -0.1) is 0 Å². The van der Waals surface area contributed by atoms with Crippen LogP contribution in [-0.2, 0) is 0 Å². The molecule has 0 radical (unpaired) electrons. The van der Waals surface area contributed by atoms with Gasteiger partial charge in [-0.25, -0.2) is 4.99 Å². The van der Waals surface area contributed by atoms with Gasteiger partial charge in [-0.3, -0.25) is 9.98 Å². The molecule has 2 aliphatic rings. The molecule has 0 saturated carbocycles. The quantitative estimate of drug-likeness (QED) is 0.723. The number of aliphatic imine (C=N–C) groups is 4. The molecule has 2 rings (SSSR count). The molecule has 2 heterocycles. The number of unbranched alkanes of at least 4 members (excludes halogenated alkanes) is 1. The summed E-state index contributed by atoms with van der Waals surface area (Å²) in [6.45, 7) is 2.95. The maximum Gasteiger partial charge on any atom is 0.205 e. The maximum atomic E-state index is 4.52. The van der Waals surface area contributed by atoms with E-state index in [4.69, 9.17) is 0 Å². The standard InChI is InChI=1S/C11H18N6/c1-4-5-6-12-9-8-10(14-7-13-8)16-11(15-9)17(2)3/h7-8H,4-6H2,1-3H3,(H,12,13,14,15,16). The highest BCUT2D eigenvalue weighted by Crippen LogP contribution is 2.10. The van der Waals surface area contributed by atoms with Gasteiger partial charge >= 0.3 is 0 Å². The second kappa shape index (κ2) is 5.07. The molecule has 0 aromatic heterocycles. The monoisotopic (exact) mass is 234 g/mol. The molecule has 6 heteroatoms. The molecular weight excluding hydrogens is 216 g/mol. The summed E-state index contributed by atoms with van der Waals surface area (Å²) in [5, 5.41) is 3.16. The van der Waals surface area contributed by atoms with Crippen LogP contribution >= 0.6 is 0 Å². The topological polar surface area (TPSA) is 64.7 Å². The van der Waals surface area contributed by atoms with Gasteiger partial charge in [-0.1, -0.05) is 13.3 Å². The first-order valence-electron chi connectivity index (χ1n) is 5.89. The van der Waals surface area contributed by atoms with Crippen molar-refractivity contribution < 1.29 is 0 Å². The minimum Gasteiger partial charge on any atom is -0.348 e. The normalized spacial score (nSPS) is 24.2. The number of hydrogen-bond acceptors (Lipinski definition) is 5. The molecule has 0 saturated heterocycles. The fourth-order valence-electron chi connectivity index (χ4n) is 1.59. The van der Waals surface area contributed by atoms with E-state index in [2.05, 4.69) is 32.2 Å². The molecule has 0 bridgehead atoms. The van der Waals surface area contributed by atoms with Gasteiger partial charge in [0, 0.05) is 20.6 Å². The summed E-state index contributed by atoms with van der Waals surface area (Å²) in [6.07, 6.45) is 3.78. The van der Waals surface area contributed by atoms with Crippen LogP contribution in [0.5, 0.6) is 0 Å². The van der Waals surface area contributed by atoms with Crippen LogP contribution in [0.15, 0.2) is 20.0 Å². The number of nitrogens with one attached hydrogen (secondary N) is 1. The van der Waals surface area contributed by atoms with Gasteiger partial charge in [0.1, 0.15) is 12.2 Å². The van der Waals surface area contributed by atoms with Gasteiger partial charge < -0.3 is 10.2 Å². The van der Waals surface area contributed by atoms with E-state index in [-0.39, 0.29) is 6.04 Å². The van der Waals surface area contributed by atoms with Crippen LogP contribution in [0.4, 0.5) is 0 Å². The van der Waals surface area contributed by atoms with Crippen molar-refractivity contribution in [3.8, 4) is 0 Å². The first-order valence-corrected chi connectivity index (χ1v) is 5.89. The van der Waals surface area contributed by atoms with Gasteiger partial charge in [0.25, 0.3) is 0 Å². The fourth-order valence-corrected chi connectivity index (χ4v) is 1.59. The van der Waals surface area contributed by atoms with E-state index in [1.807, 2.05) is 19.0 Å². The summed E-state index contributed by atoms with van der Waals surface area (Å²) >= 11 is 0. The van der Waals surface area contributed by atoms with Crippen LogP contribution in [0.1, 0.15) is 19.8 Å². The van der Waals surface area contributed by atoms with Gasteiger partial charge in [0.2, 0.25) is 5.96 Å². The highest BCUT2D eigenvalue weighted by atomic mass is 15.3. The molecule has 0 spiro atoms. The van der Waals surface area contributed by atoms with Crippen molar-refractivity contribution in [3.05, 3.63) is 0 Å². The minimum absolute atomic E-state index is 0.129. The number of amidine groups is 2. The van der Waals surface area contributed by atoms with Crippen LogP contribution in [0, 0.1) is 0 Å². The summed E-state index contributed by atoms with van der Waals surface area (Å²) in [6, 6.07) is -0.129. The third-order valence-electron chi connectivity index (χ3n) is 2.59. The van der Waals surface area contributed by atoms with Crippen LogP contribution in [0.2, 0.25) is 0 Å². The minimum atomic E-state index is -0.129. The summed E-state index contributed by atoms with van der Waals surface area (Å²) in [5.74, 6) is 2.34. The van der Waals surface area contributed by atoms with E-state index in [0.29, 0.717) is 0 Å². The van der Waals surface area contributed by atoms with E-state index < -0.39 is 0 Å². The van der Waals surface area contributed by atoms with Gasteiger partial charge in [-0.05, 0) is 6.42 Å². The predicted octanol–water partition coefficient (Wildman–Crippen LogP) is 0.515. The van der Waals surface area contributed by atoms with Crippen molar-refractivity contribution in [2.45, 2.75) is 25.8 Å². The Morgan fingerprint density at radius 1 is 1.47 bits per heavy atom. The van der Waals surface area contributed by atoms with Crippen molar-refractivity contribution >= 4 is 24.0 Å². The molecule has 6 nitrogen and oxygen atoms in total. The van der Waals surface area contributed by atoms with Gasteiger partial charge in [-0.2, -0.15) is 4.99 Å². The third kappa shape index (κ3) is 2.51. The van der Waals surface area contributed by atoms with E-state index in [0.717, 1.165) is 37.0 Å². The summed E-state index contributed by atoms with van der Waals surface area (Å²) in [7, 11) is 3.87. The van der Waals surface area contributed by atoms with Crippen molar-refractivity contribution in [2.24, 2.45) is 20.0 Å². The smallest absolute Gasteiger partial charge is 0.205 e. The summed E-state index contributed by atoms with van der Waals surface area (Å²) < 4.78 is 0. The van der Waals surface area contributed by atoms with E-state index in [9.17, 15) is 0 Å². The Labute approximate surface area is 101 Å². The molecule has 0 aromatic carbocycles. The molecule has 0 aliphatic carbocycles. The average molecular weight is 234 g/mol. The summed E-state index contributed by atoms with van der Waals surface area (Å²) in [5.41, 5.74) is 0. The number of hydrogen-bond donors (Lipinski definition) is 1. The molecule has 1 unspecified atom stereocenters. The van der Waals surface area contributed by atoms with E-state index >= 15 is 0 Å². The lowest BCUT2D eigenvalue weighted by molar-refractivity contribution is 0.602. The predicted molar refractivity (Wildman–Crippen MR) is 71.2 cm³/mol. The van der Waals surface area contributed by atoms with Crippen LogP contribution in [0.3, 0.4) is 0 Å². The van der Waals surface area contributed by atoms with Crippen LogP contribution < -0.4 is 5.32 Å². The average Bonchev–Trinajstić information content (AvgIpc) is 2.77. The molecule has 1 atom stereocenters. The maximum absolute atomic E-state index is 4.52. The second-order valence-electron chi connectivity index (χ2n) is 4.23. The summed E-state index contributed by atoms with van der Waals surface area (Å²) in [4.78, 5) is 19.4. The van der Waals surface area contributed by atoms with Crippen LogP contribution in [0.25, 0.3) is 0 Å². The molecule has 2 aliphatic heterocycles. The zero-order valence-corrected chi connectivity index (χ0v) is 10.5. The molecule has 17 heavy (non-hydrogen) atoms. The lowest BCUT2D eigenvalue weighted by atomic mass is 10.2. The van der Waals surface area contributed by atoms with Crippen molar-refractivity contribution in [1.29, 1.82) is 0 Å². The molecule has 0 aromatic rings. The Hall–Kier alpha value is -1.72. The first-order chi connectivity index (χ1) is 8.22. The Balaban J connectivity index is 2.20. The van der Waals surface area contributed by atoms with E-state index in [1.165, 1.54) is 0 Å². The Kier molecular flexibility index (Phi) is 3.51. The largest absolute Gasteiger partial charge is 0.348 e. The highest BCUT2D eigenvalue weighted by molar-refractivity contribution is 6.24. The Bertz CT molecular complexity index is 404. The van der Waals surface area contributed by atoms with Gasteiger partial charge in [0.05, 0.1) is 0 Å².